The topological polar surface area (TPSA) is 59.9 Å². The summed E-state index contributed by atoms with van der Waals surface area (Å²) >= 11 is 5.84. The SMILES string of the molecule is CCCCCOc1ccc(/C=N\NC(=O)Cc2ccc(Cl)cc2)cc1OCC. The Morgan fingerprint density at radius 1 is 1.07 bits per heavy atom. The zero-order valence-electron chi connectivity index (χ0n) is 16.4. The van der Waals surface area contributed by atoms with Gasteiger partial charge in [0, 0.05) is 5.02 Å². The smallest absolute Gasteiger partial charge is 0.244 e. The molecule has 2 aromatic carbocycles. The van der Waals surface area contributed by atoms with Crippen LogP contribution in [0.4, 0.5) is 0 Å². The highest BCUT2D eigenvalue weighted by molar-refractivity contribution is 6.30. The molecule has 0 aliphatic carbocycles. The van der Waals surface area contributed by atoms with Gasteiger partial charge in [-0.25, -0.2) is 5.43 Å². The molecule has 0 saturated heterocycles. The van der Waals surface area contributed by atoms with Crippen molar-refractivity contribution in [3.63, 3.8) is 0 Å². The van der Waals surface area contributed by atoms with Gasteiger partial charge in [-0.05, 0) is 54.8 Å². The van der Waals surface area contributed by atoms with Gasteiger partial charge in [-0.2, -0.15) is 5.10 Å². The Morgan fingerprint density at radius 2 is 1.86 bits per heavy atom. The van der Waals surface area contributed by atoms with Gasteiger partial charge in [0.05, 0.1) is 25.8 Å². The highest BCUT2D eigenvalue weighted by Crippen LogP contribution is 2.28. The van der Waals surface area contributed by atoms with Crippen LogP contribution in [0.5, 0.6) is 11.5 Å². The van der Waals surface area contributed by atoms with E-state index in [-0.39, 0.29) is 12.3 Å². The van der Waals surface area contributed by atoms with Gasteiger partial charge in [0.1, 0.15) is 0 Å². The van der Waals surface area contributed by atoms with E-state index < -0.39 is 0 Å². The average molecular weight is 403 g/mol. The molecule has 1 amide bonds. The first-order valence-electron chi connectivity index (χ1n) is 9.58. The number of ether oxygens (including phenoxy) is 2. The van der Waals surface area contributed by atoms with Crippen LogP contribution in [0.1, 0.15) is 44.2 Å². The number of hydrogen-bond donors (Lipinski definition) is 1. The van der Waals surface area contributed by atoms with Crippen LogP contribution in [0, 0.1) is 0 Å². The second-order valence-corrected chi connectivity index (χ2v) is 6.73. The van der Waals surface area contributed by atoms with Crippen molar-refractivity contribution in [2.24, 2.45) is 5.10 Å². The fraction of sp³-hybridized carbons (Fsp3) is 0.364. The number of carbonyl (C=O) groups excluding carboxylic acids is 1. The normalized spacial score (nSPS) is 10.8. The molecule has 0 aliphatic rings. The van der Waals surface area contributed by atoms with Crippen LogP contribution in [-0.2, 0) is 11.2 Å². The molecule has 0 aromatic heterocycles. The van der Waals surface area contributed by atoms with Crippen molar-refractivity contribution in [2.45, 2.75) is 39.5 Å². The molecular weight excluding hydrogens is 376 g/mol. The second kappa shape index (κ2) is 12.0. The Kier molecular flexibility index (Phi) is 9.35. The molecule has 2 rings (SSSR count). The number of hydrazone groups is 1. The van der Waals surface area contributed by atoms with Crippen molar-refractivity contribution in [3.8, 4) is 11.5 Å². The summed E-state index contributed by atoms with van der Waals surface area (Å²) in [6.07, 6.45) is 5.14. The van der Waals surface area contributed by atoms with E-state index in [2.05, 4.69) is 17.5 Å². The van der Waals surface area contributed by atoms with Gasteiger partial charge in [-0.1, -0.05) is 43.5 Å². The highest BCUT2D eigenvalue weighted by atomic mass is 35.5. The Hall–Kier alpha value is -2.53. The van der Waals surface area contributed by atoms with Gasteiger partial charge in [-0.3, -0.25) is 4.79 Å². The molecule has 0 spiro atoms. The maximum absolute atomic E-state index is 12.0. The van der Waals surface area contributed by atoms with Crippen molar-refractivity contribution >= 4 is 23.7 Å². The number of amides is 1. The summed E-state index contributed by atoms with van der Waals surface area (Å²) in [7, 11) is 0. The summed E-state index contributed by atoms with van der Waals surface area (Å²) in [5.74, 6) is 1.21. The average Bonchev–Trinajstić information content (AvgIpc) is 2.68. The van der Waals surface area contributed by atoms with Crippen molar-refractivity contribution in [2.75, 3.05) is 13.2 Å². The Morgan fingerprint density at radius 3 is 2.57 bits per heavy atom. The van der Waals surface area contributed by atoms with Gasteiger partial charge in [-0.15, -0.1) is 0 Å². The van der Waals surface area contributed by atoms with E-state index in [9.17, 15) is 4.79 Å². The monoisotopic (exact) mass is 402 g/mol. The molecule has 0 unspecified atom stereocenters. The summed E-state index contributed by atoms with van der Waals surface area (Å²) < 4.78 is 11.5. The number of nitrogens with one attached hydrogen (secondary N) is 1. The summed E-state index contributed by atoms with van der Waals surface area (Å²) in [6, 6.07) is 12.8. The van der Waals surface area contributed by atoms with Crippen LogP contribution in [0.3, 0.4) is 0 Å². The summed E-state index contributed by atoms with van der Waals surface area (Å²) in [4.78, 5) is 12.0. The largest absolute Gasteiger partial charge is 0.490 e. The standard InChI is InChI=1S/C22H27ClN2O3/c1-3-5-6-13-28-20-12-9-18(14-21(20)27-4-2)16-24-25-22(26)15-17-7-10-19(23)11-8-17/h7-12,14,16H,3-6,13,15H2,1-2H3,(H,25,26)/b24-16-. The Balaban J connectivity index is 1.91. The van der Waals surface area contributed by atoms with E-state index in [1.807, 2.05) is 37.3 Å². The molecule has 0 heterocycles. The van der Waals surface area contributed by atoms with E-state index >= 15 is 0 Å². The van der Waals surface area contributed by atoms with Gasteiger partial charge in [0.25, 0.3) is 0 Å². The molecular formula is C22H27ClN2O3. The van der Waals surface area contributed by atoms with Crippen LogP contribution < -0.4 is 14.9 Å². The highest BCUT2D eigenvalue weighted by Gasteiger charge is 2.06. The first-order valence-corrected chi connectivity index (χ1v) is 9.96. The fourth-order valence-corrected chi connectivity index (χ4v) is 2.66. The predicted molar refractivity (Wildman–Crippen MR) is 114 cm³/mol. The molecule has 2 aromatic rings. The lowest BCUT2D eigenvalue weighted by molar-refractivity contribution is -0.120. The number of nitrogens with zero attached hydrogens (tertiary/aromatic N) is 1. The quantitative estimate of drug-likeness (QED) is 0.327. The zero-order chi connectivity index (χ0) is 20.2. The lowest BCUT2D eigenvalue weighted by Gasteiger charge is -2.12. The molecule has 0 aliphatic heterocycles. The number of hydrogen-bond acceptors (Lipinski definition) is 4. The lowest BCUT2D eigenvalue weighted by Crippen LogP contribution is -2.19. The third-order valence-corrected chi connectivity index (χ3v) is 4.21. The molecule has 0 bridgehead atoms. The predicted octanol–water partition coefficient (Wildman–Crippen LogP) is 5.00. The van der Waals surface area contributed by atoms with Crippen LogP contribution >= 0.6 is 11.6 Å². The molecule has 0 saturated carbocycles. The molecule has 0 radical (unpaired) electrons. The number of benzene rings is 2. The minimum atomic E-state index is -0.195. The summed E-state index contributed by atoms with van der Waals surface area (Å²) in [6.45, 7) is 5.30. The lowest BCUT2D eigenvalue weighted by atomic mass is 10.1. The first-order chi connectivity index (χ1) is 13.6. The minimum absolute atomic E-state index is 0.195. The molecule has 0 atom stereocenters. The molecule has 1 N–H and O–H groups in total. The van der Waals surface area contributed by atoms with Crippen LogP contribution in [0.15, 0.2) is 47.6 Å². The van der Waals surface area contributed by atoms with E-state index in [1.54, 1.807) is 18.3 Å². The Labute approximate surface area is 171 Å². The van der Waals surface area contributed by atoms with Gasteiger partial charge in [0.15, 0.2) is 11.5 Å². The summed E-state index contributed by atoms with van der Waals surface area (Å²) in [5, 5.41) is 4.67. The summed E-state index contributed by atoms with van der Waals surface area (Å²) in [5.41, 5.74) is 4.23. The van der Waals surface area contributed by atoms with Crippen LogP contribution in [0.25, 0.3) is 0 Å². The minimum Gasteiger partial charge on any atom is -0.490 e. The van der Waals surface area contributed by atoms with E-state index in [4.69, 9.17) is 21.1 Å². The second-order valence-electron chi connectivity index (χ2n) is 6.29. The maximum atomic E-state index is 12.0. The molecule has 5 nitrogen and oxygen atoms in total. The van der Waals surface area contributed by atoms with Crippen molar-refractivity contribution < 1.29 is 14.3 Å². The molecule has 6 heteroatoms. The maximum Gasteiger partial charge on any atom is 0.244 e. The van der Waals surface area contributed by atoms with Crippen LogP contribution in [0.2, 0.25) is 5.02 Å². The number of rotatable bonds is 11. The van der Waals surface area contributed by atoms with Crippen molar-refractivity contribution in [3.05, 3.63) is 58.6 Å². The molecule has 28 heavy (non-hydrogen) atoms. The number of halogens is 1. The van der Waals surface area contributed by atoms with Gasteiger partial charge >= 0.3 is 0 Å². The van der Waals surface area contributed by atoms with E-state index in [0.29, 0.717) is 24.0 Å². The zero-order valence-corrected chi connectivity index (χ0v) is 17.2. The molecule has 150 valence electrons. The Bertz CT molecular complexity index is 776. The van der Waals surface area contributed by atoms with Crippen LogP contribution in [-0.4, -0.2) is 25.3 Å². The van der Waals surface area contributed by atoms with E-state index in [1.165, 1.54) is 0 Å². The third kappa shape index (κ3) is 7.61. The van der Waals surface area contributed by atoms with Gasteiger partial charge < -0.3 is 9.47 Å². The van der Waals surface area contributed by atoms with Crippen molar-refractivity contribution in [1.29, 1.82) is 0 Å². The molecule has 0 fully saturated rings. The van der Waals surface area contributed by atoms with Gasteiger partial charge in [0.2, 0.25) is 5.91 Å². The van der Waals surface area contributed by atoms with Crippen molar-refractivity contribution in [1.82, 2.24) is 5.43 Å². The first kappa shape index (κ1) is 21.8. The fourth-order valence-electron chi connectivity index (χ4n) is 2.53. The number of unbranched alkanes of at least 4 members (excludes halogenated alkanes) is 2. The number of carbonyl (C=O) groups is 1. The third-order valence-electron chi connectivity index (χ3n) is 3.95. The van der Waals surface area contributed by atoms with E-state index in [0.717, 1.165) is 36.1 Å².